The van der Waals surface area contributed by atoms with E-state index < -0.39 is 12.1 Å². The molecule has 9 heteroatoms. The molecule has 5 N–H and O–H groups in total. The van der Waals surface area contributed by atoms with Crippen molar-refractivity contribution in [2.75, 3.05) is 0 Å². The number of aromatic nitrogens is 1. The van der Waals surface area contributed by atoms with Crippen LogP contribution in [0.1, 0.15) is 16.8 Å². The Balaban J connectivity index is 1.70. The quantitative estimate of drug-likeness (QED) is 0.498. The predicted molar refractivity (Wildman–Crippen MR) is 140 cm³/mol. The number of aliphatic imine (C=N–C) groups is 2. The molecule has 2 atom stereocenters. The Morgan fingerprint density at radius 1 is 1.14 bits per heavy atom. The number of nitrogens with zero attached hydrogens (tertiary/aromatic N) is 5. The highest BCUT2D eigenvalue weighted by atomic mass is 16.1. The van der Waals surface area contributed by atoms with E-state index in [2.05, 4.69) is 9.98 Å². The minimum absolute atomic E-state index is 0.0821. The number of nitrogens with two attached hydrogens (primary N) is 2. The third-order valence-electron chi connectivity index (χ3n) is 6.45. The van der Waals surface area contributed by atoms with Crippen LogP contribution in [0.4, 0.5) is 0 Å². The Kier molecular flexibility index (Phi) is 5.52. The SMILES string of the molecule is Cc1ccccc1-n1c(CN2N=C(/C(N)=C/C=N)C3C(N)=NC=NC32)cc2cccc(C)c2c1=O. The van der Waals surface area contributed by atoms with Gasteiger partial charge in [0, 0.05) is 11.9 Å². The zero-order valence-corrected chi connectivity index (χ0v) is 19.5. The second kappa shape index (κ2) is 8.68. The Bertz CT molecular complexity index is 1530. The number of aryl methyl sites for hydroxylation is 2. The molecule has 2 unspecified atom stereocenters. The average Bonchev–Trinajstić information content (AvgIpc) is 3.20. The topological polar surface area (TPSA) is 138 Å². The van der Waals surface area contributed by atoms with Crippen LogP contribution in [-0.4, -0.2) is 39.8 Å². The molecule has 0 amide bonds. The van der Waals surface area contributed by atoms with Crippen LogP contribution in [0.5, 0.6) is 0 Å². The summed E-state index contributed by atoms with van der Waals surface area (Å²) in [4.78, 5) is 22.5. The predicted octanol–water partition coefficient (Wildman–Crippen LogP) is 2.61. The third-order valence-corrected chi connectivity index (χ3v) is 6.45. The van der Waals surface area contributed by atoms with Crippen LogP contribution in [0.3, 0.4) is 0 Å². The molecule has 0 aliphatic carbocycles. The monoisotopic (exact) mass is 466 g/mol. The number of rotatable bonds is 5. The van der Waals surface area contributed by atoms with E-state index in [0.29, 0.717) is 29.2 Å². The number of para-hydroxylation sites is 1. The molecular formula is C26H26N8O. The Hall–Kier alpha value is -4.53. The largest absolute Gasteiger partial charge is 0.397 e. The highest BCUT2D eigenvalue weighted by Gasteiger charge is 2.42. The number of pyridine rings is 1. The lowest BCUT2D eigenvalue weighted by Crippen LogP contribution is -2.43. The Morgan fingerprint density at radius 3 is 2.69 bits per heavy atom. The van der Waals surface area contributed by atoms with Crippen molar-refractivity contribution < 1.29 is 0 Å². The second-order valence-corrected chi connectivity index (χ2v) is 8.68. The molecule has 3 heterocycles. The normalized spacial score (nSPS) is 19.5. The molecule has 3 aromatic rings. The van der Waals surface area contributed by atoms with Crippen molar-refractivity contribution in [1.29, 1.82) is 5.41 Å². The van der Waals surface area contributed by atoms with Gasteiger partial charge in [0.05, 0.1) is 29.0 Å². The summed E-state index contributed by atoms with van der Waals surface area (Å²) < 4.78 is 1.76. The Morgan fingerprint density at radius 2 is 1.91 bits per heavy atom. The molecule has 5 rings (SSSR count). The van der Waals surface area contributed by atoms with Crippen molar-refractivity contribution in [3.05, 3.63) is 87.5 Å². The van der Waals surface area contributed by atoms with Gasteiger partial charge in [0.25, 0.3) is 5.56 Å². The molecule has 0 spiro atoms. The van der Waals surface area contributed by atoms with Gasteiger partial charge in [-0.15, -0.1) is 0 Å². The van der Waals surface area contributed by atoms with Crippen molar-refractivity contribution >= 4 is 34.9 Å². The van der Waals surface area contributed by atoms with Crippen LogP contribution >= 0.6 is 0 Å². The summed E-state index contributed by atoms with van der Waals surface area (Å²) in [5.41, 5.74) is 16.7. The van der Waals surface area contributed by atoms with Crippen molar-refractivity contribution in [2.24, 2.45) is 32.5 Å². The number of nitrogens with one attached hydrogen (secondary N) is 1. The van der Waals surface area contributed by atoms with Gasteiger partial charge in [0.2, 0.25) is 0 Å². The number of hydrogen-bond donors (Lipinski definition) is 3. The van der Waals surface area contributed by atoms with E-state index in [0.717, 1.165) is 34.1 Å². The fourth-order valence-corrected chi connectivity index (χ4v) is 4.77. The van der Waals surface area contributed by atoms with Crippen LogP contribution < -0.4 is 17.0 Å². The maximum absolute atomic E-state index is 13.9. The highest BCUT2D eigenvalue weighted by molar-refractivity contribution is 6.17. The maximum Gasteiger partial charge on any atom is 0.263 e. The number of fused-ring (bicyclic) bond motifs is 2. The molecule has 176 valence electrons. The molecule has 2 aliphatic rings. The first-order valence-corrected chi connectivity index (χ1v) is 11.3. The van der Waals surface area contributed by atoms with Gasteiger partial charge in [0.1, 0.15) is 18.1 Å². The number of allylic oxidation sites excluding steroid dienone is 2. The van der Waals surface area contributed by atoms with Gasteiger partial charge in [-0.25, -0.2) is 9.98 Å². The number of hydrazone groups is 1. The van der Waals surface area contributed by atoms with Crippen LogP contribution in [0.2, 0.25) is 0 Å². The van der Waals surface area contributed by atoms with E-state index in [1.54, 1.807) is 9.58 Å². The summed E-state index contributed by atoms with van der Waals surface area (Å²) in [5, 5.41) is 15.5. The van der Waals surface area contributed by atoms with Gasteiger partial charge in [-0.1, -0.05) is 36.4 Å². The fourth-order valence-electron chi connectivity index (χ4n) is 4.77. The molecule has 9 nitrogen and oxygen atoms in total. The van der Waals surface area contributed by atoms with Crippen LogP contribution in [0.15, 0.2) is 80.2 Å². The van der Waals surface area contributed by atoms with Crippen molar-refractivity contribution in [3.8, 4) is 5.69 Å². The third kappa shape index (κ3) is 3.71. The van der Waals surface area contributed by atoms with E-state index >= 15 is 0 Å². The first-order valence-electron chi connectivity index (χ1n) is 11.3. The van der Waals surface area contributed by atoms with Gasteiger partial charge in [-0.05, 0) is 48.6 Å². The molecule has 0 bridgehead atoms. The smallest absolute Gasteiger partial charge is 0.263 e. The standard InChI is InChI=1S/C26H26N8O/c1-15-6-3-4-9-20(15)34-18(12-17-8-5-7-16(2)21(17)26(34)35)13-33-25-22(24(29)30-14-31-25)23(32-33)19(28)10-11-27/h3-12,14,22,25,27H,13,28H2,1-2H3,(H2,29,30,31)/b19-10-,27-11?. The number of benzene rings is 2. The molecule has 1 aromatic heterocycles. The van der Waals surface area contributed by atoms with E-state index in [-0.39, 0.29) is 5.56 Å². The average molecular weight is 467 g/mol. The molecule has 0 saturated carbocycles. The number of amidine groups is 1. The van der Waals surface area contributed by atoms with Crippen molar-refractivity contribution in [3.63, 3.8) is 0 Å². The lowest BCUT2D eigenvalue weighted by molar-refractivity contribution is 0.210. The lowest BCUT2D eigenvalue weighted by Gasteiger charge is -2.27. The first-order chi connectivity index (χ1) is 16.9. The summed E-state index contributed by atoms with van der Waals surface area (Å²) >= 11 is 0. The highest BCUT2D eigenvalue weighted by Crippen LogP contribution is 2.30. The molecule has 0 radical (unpaired) electrons. The minimum Gasteiger partial charge on any atom is -0.397 e. The second-order valence-electron chi connectivity index (χ2n) is 8.68. The van der Waals surface area contributed by atoms with Crippen LogP contribution in [0, 0.1) is 25.2 Å². The zero-order valence-electron chi connectivity index (χ0n) is 19.5. The minimum atomic E-state index is -0.450. The molecule has 0 saturated heterocycles. The van der Waals surface area contributed by atoms with E-state index in [1.807, 2.05) is 62.4 Å². The lowest BCUT2D eigenvalue weighted by atomic mass is 9.96. The molecular weight excluding hydrogens is 440 g/mol. The van der Waals surface area contributed by atoms with Crippen molar-refractivity contribution in [1.82, 2.24) is 9.58 Å². The summed E-state index contributed by atoms with van der Waals surface area (Å²) in [6.45, 7) is 4.23. The number of hydrogen-bond acceptors (Lipinski definition) is 8. The van der Waals surface area contributed by atoms with Crippen LogP contribution in [0.25, 0.3) is 16.5 Å². The maximum atomic E-state index is 13.9. The Labute approximate surface area is 202 Å². The van der Waals surface area contributed by atoms with Gasteiger partial charge in [0.15, 0.2) is 6.17 Å². The van der Waals surface area contributed by atoms with E-state index in [1.165, 1.54) is 12.4 Å². The van der Waals surface area contributed by atoms with Crippen LogP contribution in [-0.2, 0) is 6.54 Å². The van der Waals surface area contributed by atoms with Gasteiger partial charge in [-0.2, -0.15) is 5.10 Å². The zero-order chi connectivity index (χ0) is 24.7. The summed E-state index contributed by atoms with van der Waals surface area (Å²) in [7, 11) is 0. The molecule has 35 heavy (non-hydrogen) atoms. The fraction of sp³-hybridized carbons (Fsp3) is 0.192. The van der Waals surface area contributed by atoms with E-state index in [9.17, 15) is 4.79 Å². The molecule has 0 fully saturated rings. The van der Waals surface area contributed by atoms with Gasteiger partial charge in [-0.3, -0.25) is 14.4 Å². The van der Waals surface area contributed by atoms with Crippen molar-refractivity contribution in [2.45, 2.75) is 26.6 Å². The molecule has 2 aliphatic heterocycles. The van der Waals surface area contributed by atoms with Gasteiger partial charge >= 0.3 is 0 Å². The molecule has 2 aromatic carbocycles. The first kappa shape index (κ1) is 22.3. The van der Waals surface area contributed by atoms with E-state index in [4.69, 9.17) is 22.0 Å². The van der Waals surface area contributed by atoms with Gasteiger partial charge < -0.3 is 16.9 Å². The summed E-state index contributed by atoms with van der Waals surface area (Å²) in [6, 6.07) is 15.7. The summed E-state index contributed by atoms with van der Waals surface area (Å²) in [6.07, 6.45) is 3.55. The summed E-state index contributed by atoms with van der Waals surface area (Å²) in [5.74, 6) is -0.0736.